The highest BCUT2D eigenvalue weighted by molar-refractivity contribution is 5.72. The van der Waals surface area contributed by atoms with Gasteiger partial charge in [0.25, 0.3) is 0 Å². The molecule has 1 aromatic rings. The molecule has 1 N–H and O–H groups in total. The van der Waals surface area contributed by atoms with Crippen molar-refractivity contribution in [3.8, 4) is 5.75 Å². The Labute approximate surface area is 74.0 Å². The second-order valence-corrected chi connectivity index (χ2v) is 2.35. The minimum absolute atomic E-state index is 0.0214. The zero-order valence-corrected chi connectivity index (χ0v) is 6.95. The summed E-state index contributed by atoms with van der Waals surface area (Å²) in [7, 11) is 1.21. The number of hydrogen-bond acceptors (Lipinski definition) is 4. The van der Waals surface area contributed by atoms with Crippen molar-refractivity contribution >= 4 is 5.97 Å². The molecular formula is C8H8FNO3. The number of esters is 1. The van der Waals surface area contributed by atoms with E-state index in [0.29, 0.717) is 0 Å². The van der Waals surface area contributed by atoms with Gasteiger partial charge in [-0.3, -0.25) is 4.79 Å². The van der Waals surface area contributed by atoms with Crippen LogP contribution < -0.4 is 0 Å². The summed E-state index contributed by atoms with van der Waals surface area (Å²) >= 11 is 0. The summed E-state index contributed by atoms with van der Waals surface area (Å²) in [4.78, 5) is 14.1. The summed E-state index contributed by atoms with van der Waals surface area (Å²) in [5.74, 6) is -1.53. The van der Waals surface area contributed by atoms with Gasteiger partial charge in [0.1, 0.15) is 5.75 Å². The highest BCUT2D eigenvalue weighted by atomic mass is 19.1. The zero-order valence-electron chi connectivity index (χ0n) is 6.95. The van der Waals surface area contributed by atoms with E-state index in [1.54, 1.807) is 0 Å². The summed E-state index contributed by atoms with van der Waals surface area (Å²) in [5.41, 5.74) is -0.0214. The van der Waals surface area contributed by atoms with Gasteiger partial charge in [0.2, 0.25) is 5.95 Å². The van der Waals surface area contributed by atoms with Gasteiger partial charge >= 0.3 is 5.97 Å². The lowest BCUT2D eigenvalue weighted by molar-refractivity contribution is -0.139. The Morgan fingerprint density at radius 2 is 2.38 bits per heavy atom. The van der Waals surface area contributed by atoms with Crippen LogP contribution in [0.15, 0.2) is 12.1 Å². The van der Waals surface area contributed by atoms with Crippen LogP contribution in [0.4, 0.5) is 4.39 Å². The largest absolute Gasteiger partial charge is 0.506 e. The van der Waals surface area contributed by atoms with E-state index in [2.05, 4.69) is 9.72 Å². The summed E-state index contributed by atoms with van der Waals surface area (Å²) in [6.07, 6.45) is -0.236. The zero-order chi connectivity index (χ0) is 9.84. The van der Waals surface area contributed by atoms with Gasteiger partial charge in [-0.2, -0.15) is 4.39 Å². The molecular weight excluding hydrogens is 177 g/mol. The Kier molecular flexibility index (Phi) is 2.79. The summed E-state index contributed by atoms with van der Waals surface area (Å²) in [6, 6.07) is 2.15. The van der Waals surface area contributed by atoms with Gasteiger partial charge in [-0.15, -0.1) is 0 Å². The minimum atomic E-state index is -0.739. The molecule has 0 aromatic carbocycles. The molecule has 0 saturated carbocycles. The molecule has 70 valence electrons. The number of hydrogen-bond donors (Lipinski definition) is 1. The Morgan fingerprint density at radius 1 is 1.69 bits per heavy atom. The molecule has 0 aliphatic heterocycles. The Morgan fingerprint density at radius 3 is 3.00 bits per heavy atom. The van der Waals surface area contributed by atoms with Crippen LogP contribution in [-0.4, -0.2) is 23.2 Å². The molecule has 0 atom stereocenters. The van der Waals surface area contributed by atoms with Gasteiger partial charge in [0.05, 0.1) is 19.2 Å². The molecule has 5 heteroatoms. The summed E-state index contributed by atoms with van der Waals surface area (Å²) < 4.78 is 16.9. The third-order valence-electron chi connectivity index (χ3n) is 1.46. The van der Waals surface area contributed by atoms with Crippen molar-refractivity contribution in [2.45, 2.75) is 6.42 Å². The van der Waals surface area contributed by atoms with E-state index in [9.17, 15) is 9.18 Å². The Balaban J connectivity index is 2.87. The smallest absolute Gasteiger partial charge is 0.311 e. The van der Waals surface area contributed by atoms with Crippen LogP contribution in [0.1, 0.15) is 5.69 Å². The fourth-order valence-corrected chi connectivity index (χ4v) is 0.806. The highest BCUT2D eigenvalue weighted by Crippen LogP contribution is 2.14. The predicted octanol–water partition coefficient (Wildman–Crippen LogP) is 0.642. The normalized spacial score (nSPS) is 9.69. The molecule has 0 spiro atoms. The van der Waals surface area contributed by atoms with Gasteiger partial charge in [-0.1, -0.05) is 0 Å². The highest BCUT2D eigenvalue weighted by Gasteiger charge is 2.09. The standard InChI is InChI=1S/C8H8FNO3/c1-13-8(12)4-5-6(11)2-3-7(9)10-5/h2-3,11H,4H2,1H3. The van der Waals surface area contributed by atoms with Crippen molar-refractivity contribution in [3.05, 3.63) is 23.8 Å². The topological polar surface area (TPSA) is 59.4 Å². The molecule has 0 aliphatic carbocycles. The third kappa shape index (κ3) is 2.40. The molecule has 0 saturated heterocycles. The van der Waals surface area contributed by atoms with E-state index < -0.39 is 11.9 Å². The lowest BCUT2D eigenvalue weighted by Crippen LogP contribution is -2.06. The van der Waals surface area contributed by atoms with Crippen LogP contribution in [0.25, 0.3) is 0 Å². The van der Waals surface area contributed by atoms with E-state index in [-0.39, 0.29) is 17.9 Å². The molecule has 13 heavy (non-hydrogen) atoms. The van der Waals surface area contributed by atoms with E-state index in [1.807, 2.05) is 0 Å². The number of carbonyl (C=O) groups excluding carboxylic acids is 1. The van der Waals surface area contributed by atoms with Crippen molar-refractivity contribution < 1.29 is 19.0 Å². The average Bonchev–Trinajstić information content (AvgIpc) is 2.11. The van der Waals surface area contributed by atoms with Crippen molar-refractivity contribution in [1.82, 2.24) is 4.98 Å². The Bertz CT molecular complexity index is 327. The predicted molar refractivity (Wildman–Crippen MR) is 41.6 cm³/mol. The van der Waals surface area contributed by atoms with Crippen LogP contribution >= 0.6 is 0 Å². The monoisotopic (exact) mass is 185 g/mol. The maximum atomic E-state index is 12.5. The Hall–Kier alpha value is -1.65. The molecule has 0 bridgehead atoms. The van der Waals surface area contributed by atoms with E-state index in [0.717, 1.165) is 12.1 Å². The van der Waals surface area contributed by atoms with Crippen molar-refractivity contribution in [3.63, 3.8) is 0 Å². The number of halogens is 1. The second-order valence-electron chi connectivity index (χ2n) is 2.35. The van der Waals surface area contributed by atoms with Gasteiger partial charge in [-0.25, -0.2) is 4.98 Å². The number of pyridine rings is 1. The quantitative estimate of drug-likeness (QED) is 0.542. The lowest BCUT2D eigenvalue weighted by Gasteiger charge is -2.01. The van der Waals surface area contributed by atoms with Crippen LogP contribution in [-0.2, 0) is 16.0 Å². The number of rotatable bonds is 2. The van der Waals surface area contributed by atoms with Gasteiger partial charge < -0.3 is 9.84 Å². The lowest BCUT2D eigenvalue weighted by atomic mass is 10.2. The minimum Gasteiger partial charge on any atom is -0.506 e. The maximum Gasteiger partial charge on any atom is 0.311 e. The molecule has 0 fully saturated rings. The first kappa shape index (κ1) is 9.44. The van der Waals surface area contributed by atoms with Crippen LogP contribution in [0.3, 0.4) is 0 Å². The first-order valence-electron chi connectivity index (χ1n) is 3.54. The van der Waals surface area contributed by atoms with Crippen LogP contribution in [0.5, 0.6) is 5.75 Å². The molecule has 0 radical (unpaired) electrons. The number of methoxy groups -OCH3 is 1. The number of nitrogens with zero attached hydrogens (tertiary/aromatic N) is 1. The maximum absolute atomic E-state index is 12.5. The van der Waals surface area contributed by atoms with Crippen molar-refractivity contribution in [2.75, 3.05) is 7.11 Å². The van der Waals surface area contributed by atoms with Crippen LogP contribution in [0, 0.1) is 5.95 Å². The van der Waals surface area contributed by atoms with Crippen molar-refractivity contribution in [1.29, 1.82) is 0 Å². The summed E-state index contributed by atoms with van der Waals surface area (Å²) in [6.45, 7) is 0. The molecule has 1 rings (SSSR count). The van der Waals surface area contributed by atoms with Crippen molar-refractivity contribution in [2.24, 2.45) is 0 Å². The number of aromatic nitrogens is 1. The first-order chi connectivity index (χ1) is 6.13. The van der Waals surface area contributed by atoms with E-state index in [1.165, 1.54) is 7.11 Å². The SMILES string of the molecule is COC(=O)Cc1nc(F)ccc1O. The second kappa shape index (κ2) is 3.84. The van der Waals surface area contributed by atoms with Gasteiger partial charge in [-0.05, 0) is 12.1 Å². The fraction of sp³-hybridized carbons (Fsp3) is 0.250. The average molecular weight is 185 g/mol. The van der Waals surface area contributed by atoms with Gasteiger partial charge in [0, 0.05) is 0 Å². The molecule has 1 heterocycles. The third-order valence-corrected chi connectivity index (χ3v) is 1.46. The van der Waals surface area contributed by atoms with E-state index in [4.69, 9.17) is 5.11 Å². The number of ether oxygens (including phenoxy) is 1. The molecule has 1 aromatic heterocycles. The molecule has 4 nitrogen and oxygen atoms in total. The fourth-order valence-electron chi connectivity index (χ4n) is 0.806. The molecule has 0 amide bonds. The van der Waals surface area contributed by atoms with E-state index >= 15 is 0 Å². The first-order valence-corrected chi connectivity index (χ1v) is 3.54. The summed E-state index contributed by atoms with van der Waals surface area (Å²) in [5, 5.41) is 9.14. The van der Waals surface area contributed by atoms with Gasteiger partial charge in [0.15, 0.2) is 0 Å². The molecule has 0 aliphatic rings. The number of carbonyl (C=O) groups is 1. The van der Waals surface area contributed by atoms with Crippen LogP contribution in [0.2, 0.25) is 0 Å². The molecule has 0 unspecified atom stereocenters. The number of aromatic hydroxyl groups is 1.